The summed E-state index contributed by atoms with van der Waals surface area (Å²) in [5.74, 6) is 0. The third-order valence-corrected chi connectivity index (χ3v) is 4.22. The van der Waals surface area contributed by atoms with E-state index in [2.05, 4.69) is 14.7 Å². The number of aromatic amines is 1. The number of nitrogens with one attached hydrogen (secondary N) is 2. The lowest BCUT2D eigenvalue weighted by molar-refractivity contribution is 0.520. The predicted octanol–water partition coefficient (Wildman–Crippen LogP) is 0.0369. The maximum Gasteiger partial charge on any atom is 0.242 e. The summed E-state index contributed by atoms with van der Waals surface area (Å²) < 4.78 is 28.6. The normalized spacial score (nSPS) is 13.6. The second-order valence-corrected chi connectivity index (χ2v) is 6.06. The Hall–Kier alpha value is -1.64. The molecule has 2 heterocycles. The Morgan fingerprint density at radius 1 is 1.58 bits per heavy atom. The van der Waals surface area contributed by atoms with E-state index >= 15 is 0 Å². The molecule has 0 aliphatic rings. The Labute approximate surface area is 111 Å². The van der Waals surface area contributed by atoms with Gasteiger partial charge in [-0.15, -0.1) is 0 Å². The monoisotopic (exact) mass is 283 g/mol. The Bertz CT molecular complexity index is 617. The van der Waals surface area contributed by atoms with Crippen LogP contribution in [0.4, 0.5) is 0 Å². The molecule has 104 valence electrons. The minimum atomic E-state index is -3.52. The number of rotatable bonds is 6. The number of imidazole rings is 1. The second-order valence-electron chi connectivity index (χ2n) is 4.35. The van der Waals surface area contributed by atoms with Gasteiger partial charge in [-0.25, -0.2) is 18.1 Å². The molecule has 0 amide bonds. The van der Waals surface area contributed by atoms with Crippen LogP contribution in [-0.2, 0) is 23.1 Å². The quantitative estimate of drug-likeness (QED) is 0.695. The first-order valence-electron chi connectivity index (χ1n) is 5.86. The Morgan fingerprint density at radius 2 is 2.37 bits per heavy atom. The van der Waals surface area contributed by atoms with Gasteiger partial charge in [-0.05, 0) is 13.0 Å². The summed E-state index contributed by atoms with van der Waals surface area (Å²) in [5.41, 5.74) is 6.12. The van der Waals surface area contributed by atoms with Crippen LogP contribution >= 0.6 is 0 Å². The van der Waals surface area contributed by atoms with Crippen molar-refractivity contribution < 1.29 is 8.42 Å². The lowest BCUT2D eigenvalue weighted by Gasteiger charge is -2.13. The highest BCUT2D eigenvalue weighted by molar-refractivity contribution is 7.89. The molecule has 0 fully saturated rings. The summed E-state index contributed by atoms with van der Waals surface area (Å²) in [6, 6.07) is 1.29. The zero-order chi connectivity index (χ0) is 13.9. The number of H-pyrrole nitrogens is 1. The highest BCUT2D eigenvalue weighted by atomic mass is 32.2. The van der Waals surface area contributed by atoms with Crippen molar-refractivity contribution in [3.63, 3.8) is 0 Å². The van der Waals surface area contributed by atoms with Gasteiger partial charge in [0.1, 0.15) is 0 Å². The molecule has 0 aliphatic carbocycles. The fourth-order valence-electron chi connectivity index (χ4n) is 1.77. The number of nitrogens with zero attached hydrogens (tertiary/aromatic N) is 2. The molecule has 0 saturated heterocycles. The molecule has 2 aromatic heterocycles. The molecule has 0 spiro atoms. The van der Waals surface area contributed by atoms with Crippen LogP contribution in [0.25, 0.3) is 0 Å². The number of nitrogens with two attached hydrogens (primary N) is 1. The summed E-state index contributed by atoms with van der Waals surface area (Å²) in [5, 5.41) is 0. The zero-order valence-electron chi connectivity index (χ0n) is 10.6. The van der Waals surface area contributed by atoms with Gasteiger partial charge in [0.05, 0.1) is 11.2 Å². The van der Waals surface area contributed by atoms with Gasteiger partial charge >= 0.3 is 0 Å². The van der Waals surface area contributed by atoms with Crippen molar-refractivity contribution in [2.24, 2.45) is 5.73 Å². The minimum Gasteiger partial charge on any atom is -0.363 e. The van der Waals surface area contributed by atoms with Crippen LogP contribution in [0.3, 0.4) is 0 Å². The molecule has 0 bridgehead atoms. The van der Waals surface area contributed by atoms with Crippen LogP contribution in [0.5, 0.6) is 0 Å². The number of hydrogen-bond acceptors (Lipinski definition) is 4. The highest BCUT2D eigenvalue weighted by Crippen LogP contribution is 2.11. The third-order valence-electron chi connectivity index (χ3n) is 2.65. The zero-order valence-corrected chi connectivity index (χ0v) is 11.4. The van der Waals surface area contributed by atoms with Crippen LogP contribution in [0.15, 0.2) is 35.9 Å². The molecule has 2 aromatic rings. The summed E-state index contributed by atoms with van der Waals surface area (Å²) in [7, 11) is -3.52. The molecule has 0 saturated carbocycles. The summed E-state index contributed by atoms with van der Waals surface area (Å²) in [6.07, 6.45) is 6.52. The van der Waals surface area contributed by atoms with E-state index in [9.17, 15) is 8.42 Å². The van der Waals surface area contributed by atoms with Crippen LogP contribution in [0.2, 0.25) is 0 Å². The van der Waals surface area contributed by atoms with E-state index in [1.807, 2.05) is 4.57 Å². The Kier molecular flexibility index (Phi) is 4.03. The first-order chi connectivity index (χ1) is 9.01. The minimum absolute atomic E-state index is 0.199. The number of aromatic nitrogens is 3. The molecule has 1 atom stereocenters. The van der Waals surface area contributed by atoms with Gasteiger partial charge in [-0.3, -0.25) is 0 Å². The summed E-state index contributed by atoms with van der Waals surface area (Å²) >= 11 is 0. The van der Waals surface area contributed by atoms with Crippen molar-refractivity contribution in [2.45, 2.75) is 31.0 Å². The topological polar surface area (TPSA) is 106 Å². The van der Waals surface area contributed by atoms with E-state index in [-0.39, 0.29) is 17.5 Å². The first kappa shape index (κ1) is 13.8. The fraction of sp³-hybridized carbons (Fsp3) is 0.364. The van der Waals surface area contributed by atoms with Crippen LogP contribution in [0, 0.1) is 0 Å². The standard InChI is InChI=1S/C11H17N5O2S/c1-9(7-16-3-2-13-8-16)15-19(17,18)11-4-10(5-12)14-6-11/h2-4,6,8-9,14-15H,5,7,12H2,1H3. The highest BCUT2D eigenvalue weighted by Gasteiger charge is 2.18. The van der Waals surface area contributed by atoms with E-state index in [4.69, 9.17) is 5.73 Å². The molecule has 8 heteroatoms. The van der Waals surface area contributed by atoms with Crippen molar-refractivity contribution in [2.75, 3.05) is 0 Å². The second kappa shape index (κ2) is 5.55. The van der Waals surface area contributed by atoms with E-state index in [0.717, 1.165) is 0 Å². The third kappa shape index (κ3) is 3.43. The van der Waals surface area contributed by atoms with Gasteiger partial charge in [0, 0.05) is 43.4 Å². The van der Waals surface area contributed by atoms with E-state index in [1.165, 1.54) is 12.3 Å². The first-order valence-corrected chi connectivity index (χ1v) is 7.35. The Morgan fingerprint density at radius 3 is 2.95 bits per heavy atom. The van der Waals surface area contributed by atoms with Gasteiger partial charge in [0.25, 0.3) is 0 Å². The lowest BCUT2D eigenvalue weighted by Crippen LogP contribution is -2.35. The molecule has 0 aliphatic heterocycles. The van der Waals surface area contributed by atoms with Gasteiger partial charge in [-0.2, -0.15) is 0 Å². The maximum atomic E-state index is 12.1. The van der Waals surface area contributed by atoms with E-state index in [0.29, 0.717) is 12.2 Å². The van der Waals surface area contributed by atoms with Crippen LogP contribution < -0.4 is 10.5 Å². The van der Waals surface area contributed by atoms with Gasteiger partial charge in [0.2, 0.25) is 10.0 Å². The van der Waals surface area contributed by atoms with Crippen molar-refractivity contribution in [3.05, 3.63) is 36.7 Å². The smallest absolute Gasteiger partial charge is 0.242 e. The fourth-order valence-corrected chi connectivity index (χ4v) is 3.02. The molecule has 7 nitrogen and oxygen atoms in total. The SMILES string of the molecule is CC(Cn1ccnc1)NS(=O)(=O)c1c[nH]c(CN)c1. The van der Waals surface area contributed by atoms with Gasteiger partial charge in [0.15, 0.2) is 0 Å². The molecule has 0 radical (unpaired) electrons. The summed E-state index contributed by atoms with van der Waals surface area (Å²) in [6.45, 7) is 2.60. The largest absolute Gasteiger partial charge is 0.363 e. The number of sulfonamides is 1. The molecular formula is C11H17N5O2S. The predicted molar refractivity (Wildman–Crippen MR) is 70.7 cm³/mol. The average molecular weight is 283 g/mol. The van der Waals surface area contributed by atoms with Crippen molar-refractivity contribution in [3.8, 4) is 0 Å². The van der Waals surface area contributed by atoms with Crippen molar-refractivity contribution in [1.82, 2.24) is 19.3 Å². The van der Waals surface area contributed by atoms with Gasteiger partial charge in [-0.1, -0.05) is 0 Å². The molecule has 1 unspecified atom stereocenters. The van der Waals surface area contributed by atoms with Crippen molar-refractivity contribution >= 4 is 10.0 Å². The van der Waals surface area contributed by atoms with Crippen LogP contribution in [0.1, 0.15) is 12.6 Å². The van der Waals surface area contributed by atoms with Gasteiger partial charge < -0.3 is 15.3 Å². The Balaban J connectivity index is 2.04. The van der Waals surface area contributed by atoms with E-state index in [1.54, 1.807) is 25.6 Å². The lowest BCUT2D eigenvalue weighted by atomic mass is 10.4. The average Bonchev–Trinajstić information content (AvgIpc) is 2.97. The van der Waals surface area contributed by atoms with Crippen molar-refractivity contribution in [1.29, 1.82) is 0 Å². The summed E-state index contributed by atoms with van der Waals surface area (Å²) in [4.78, 5) is 6.93. The van der Waals surface area contributed by atoms with Crippen LogP contribution in [-0.4, -0.2) is 29.0 Å². The molecule has 2 rings (SSSR count). The molecule has 4 N–H and O–H groups in total. The molecule has 0 aromatic carbocycles. The maximum absolute atomic E-state index is 12.1. The molecular weight excluding hydrogens is 266 g/mol. The molecule has 19 heavy (non-hydrogen) atoms. The van der Waals surface area contributed by atoms with E-state index < -0.39 is 10.0 Å². The number of hydrogen-bond donors (Lipinski definition) is 3.